The Balaban J connectivity index is 2.08. The Labute approximate surface area is 157 Å². The highest BCUT2D eigenvalue weighted by atomic mass is 28.4. The summed E-state index contributed by atoms with van der Waals surface area (Å²) in [6, 6.07) is 18.6. The summed E-state index contributed by atoms with van der Waals surface area (Å²) >= 11 is 0. The van der Waals surface area contributed by atoms with E-state index in [-0.39, 0.29) is 11.1 Å². The van der Waals surface area contributed by atoms with Crippen molar-refractivity contribution in [3.05, 3.63) is 66.2 Å². The molecule has 0 heterocycles. The molecule has 0 fully saturated rings. The van der Waals surface area contributed by atoms with Gasteiger partial charge >= 0.3 is 6.09 Å². The van der Waals surface area contributed by atoms with Crippen LogP contribution < -0.4 is 10.1 Å². The molecular formula is C21H29NO3Si. The highest BCUT2D eigenvalue weighted by molar-refractivity contribution is 6.74. The first-order valence-corrected chi connectivity index (χ1v) is 11.8. The second-order valence-electron chi connectivity index (χ2n) is 7.88. The minimum absolute atomic E-state index is 0.110. The molecule has 0 radical (unpaired) electrons. The molecular weight excluding hydrogens is 342 g/mol. The number of benzene rings is 2. The van der Waals surface area contributed by atoms with E-state index in [0.717, 1.165) is 5.56 Å². The quantitative estimate of drug-likeness (QED) is 0.678. The van der Waals surface area contributed by atoms with E-state index < -0.39 is 14.4 Å². The van der Waals surface area contributed by atoms with Gasteiger partial charge in [-0.05, 0) is 35.8 Å². The summed E-state index contributed by atoms with van der Waals surface area (Å²) in [5.74, 6) is 0.516. The van der Waals surface area contributed by atoms with E-state index in [9.17, 15) is 4.79 Å². The van der Waals surface area contributed by atoms with Crippen LogP contribution in [-0.4, -0.2) is 21.0 Å². The van der Waals surface area contributed by atoms with E-state index in [1.165, 1.54) is 0 Å². The molecule has 0 aliphatic rings. The van der Waals surface area contributed by atoms with Crippen molar-refractivity contribution in [1.82, 2.24) is 5.32 Å². The number of ether oxygens (including phenoxy) is 1. The smallest absolute Gasteiger partial charge is 0.413 e. The molecule has 0 spiro atoms. The molecule has 0 bridgehead atoms. The van der Waals surface area contributed by atoms with Gasteiger partial charge in [0.1, 0.15) is 5.75 Å². The molecule has 1 N–H and O–H groups in total. The predicted octanol–water partition coefficient (Wildman–Crippen LogP) is 5.54. The Kier molecular flexibility index (Phi) is 6.61. The van der Waals surface area contributed by atoms with Gasteiger partial charge in [-0.2, -0.15) is 0 Å². The molecule has 2 rings (SSSR count). The van der Waals surface area contributed by atoms with Gasteiger partial charge in [0.05, 0.1) is 12.6 Å². The van der Waals surface area contributed by atoms with Gasteiger partial charge in [-0.3, -0.25) is 0 Å². The number of carbonyl (C=O) groups excluding carboxylic acids is 1. The van der Waals surface area contributed by atoms with Crippen molar-refractivity contribution in [2.45, 2.75) is 44.9 Å². The van der Waals surface area contributed by atoms with Gasteiger partial charge in [0.15, 0.2) is 8.32 Å². The van der Waals surface area contributed by atoms with Crippen molar-refractivity contribution >= 4 is 14.4 Å². The van der Waals surface area contributed by atoms with Crippen LogP contribution in [0.5, 0.6) is 5.75 Å². The SMILES string of the molecule is CC(C)(C)[Si](C)(C)OCC(NC(=O)Oc1ccccc1)c1ccccc1. The lowest BCUT2D eigenvalue weighted by atomic mass is 10.1. The van der Waals surface area contributed by atoms with E-state index >= 15 is 0 Å². The van der Waals surface area contributed by atoms with Gasteiger partial charge in [-0.15, -0.1) is 0 Å². The first-order valence-electron chi connectivity index (χ1n) is 8.91. The van der Waals surface area contributed by atoms with Crippen LogP contribution in [-0.2, 0) is 4.43 Å². The standard InChI is InChI=1S/C21H29NO3Si/c1-21(2,3)26(4,5)24-16-19(17-12-8-6-9-13-17)22-20(23)25-18-14-10-7-11-15-18/h6-15,19H,16H2,1-5H3,(H,22,23). The number of para-hydroxylation sites is 1. The van der Waals surface area contributed by atoms with E-state index in [4.69, 9.17) is 9.16 Å². The molecule has 1 atom stereocenters. The fourth-order valence-electron chi connectivity index (χ4n) is 2.18. The van der Waals surface area contributed by atoms with Crippen LogP contribution in [0.3, 0.4) is 0 Å². The minimum Gasteiger partial charge on any atom is -0.414 e. The van der Waals surface area contributed by atoms with Gasteiger partial charge in [0, 0.05) is 0 Å². The van der Waals surface area contributed by atoms with Gasteiger partial charge in [0.25, 0.3) is 0 Å². The predicted molar refractivity (Wildman–Crippen MR) is 108 cm³/mol. The van der Waals surface area contributed by atoms with Crippen LogP contribution in [0.1, 0.15) is 32.4 Å². The molecule has 0 aromatic heterocycles. The van der Waals surface area contributed by atoms with Crippen molar-refractivity contribution in [2.75, 3.05) is 6.61 Å². The summed E-state index contributed by atoms with van der Waals surface area (Å²) in [7, 11) is -1.92. The molecule has 0 saturated heterocycles. The number of hydrogen-bond acceptors (Lipinski definition) is 3. The van der Waals surface area contributed by atoms with E-state index in [2.05, 4.69) is 39.2 Å². The summed E-state index contributed by atoms with van der Waals surface area (Å²) in [6.07, 6.45) is -0.483. The summed E-state index contributed by atoms with van der Waals surface area (Å²) in [6.45, 7) is 11.4. The third-order valence-electron chi connectivity index (χ3n) is 4.86. The Bertz CT molecular complexity index is 696. The Morgan fingerprint density at radius 1 is 1.00 bits per heavy atom. The van der Waals surface area contributed by atoms with Crippen molar-refractivity contribution < 1.29 is 14.0 Å². The van der Waals surface area contributed by atoms with Gasteiger partial charge < -0.3 is 14.5 Å². The van der Waals surface area contributed by atoms with E-state index in [1.54, 1.807) is 12.1 Å². The lowest BCUT2D eigenvalue weighted by Crippen LogP contribution is -2.44. The minimum atomic E-state index is -1.92. The maximum absolute atomic E-state index is 12.3. The van der Waals surface area contributed by atoms with E-state index in [1.807, 2.05) is 48.5 Å². The third-order valence-corrected chi connectivity index (χ3v) is 9.37. The highest BCUT2D eigenvalue weighted by Gasteiger charge is 2.37. The van der Waals surface area contributed by atoms with Crippen molar-refractivity contribution in [1.29, 1.82) is 0 Å². The molecule has 2 aromatic rings. The molecule has 0 saturated carbocycles. The monoisotopic (exact) mass is 371 g/mol. The second kappa shape index (κ2) is 8.51. The highest BCUT2D eigenvalue weighted by Crippen LogP contribution is 2.37. The van der Waals surface area contributed by atoms with Crippen molar-refractivity contribution in [2.24, 2.45) is 0 Å². The second-order valence-corrected chi connectivity index (χ2v) is 12.7. The average molecular weight is 372 g/mol. The molecule has 1 amide bonds. The van der Waals surface area contributed by atoms with Gasteiger partial charge in [0.2, 0.25) is 0 Å². The fourth-order valence-corrected chi connectivity index (χ4v) is 3.20. The molecule has 1 unspecified atom stereocenters. The topological polar surface area (TPSA) is 47.6 Å². The van der Waals surface area contributed by atoms with Gasteiger partial charge in [-0.25, -0.2) is 4.79 Å². The summed E-state index contributed by atoms with van der Waals surface area (Å²) in [5.41, 5.74) is 0.997. The van der Waals surface area contributed by atoms with Crippen LogP contribution >= 0.6 is 0 Å². The average Bonchev–Trinajstić information content (AvgIpc) is 2.59. The third kappa shape index (κ3) is 5.71. The summed E-state index contributed by atoms with van der Waals surface area (Å²) in [5, 5.41) is 3.05. The molecule has 140 valence electrons. The lowest BCUT2D eigenvalue weighted by molar-refractivity contribution is 0.184. The molecule has 0 aliphatic carbocycles. The molecule has 0 aliphatic heterocycles. The zero-order valence-electron chi connectivity index (χ0n) is 16.3. The van der Waals surface area contributed by atoms with E-state index in [0.29, 0.717) is 12.4 Å². The first kappa shape index (κ1) is 20.2. The fraction of sp³-hybridized carbons (Fsp3) is 0.381. The molecule has 4 nitrogen and oxygen atoms in total. The number of rotatable bonds is 6. The first-order chi connectivity index (χ1) is 12.2. The summed E-state index contributed by atoms with van der Waals surface area (Å²) < 4.78 is 11.7. The van der Waals surface area contributed by atoms with Crippen LogP contribution in [0, 0.1) is 0 Å². The Morgan fingerprint density at radius 3 is 2.08 bits per heavy atom. The lowest BCUT2D eigenvalue weighted by Gasteiger charge is -2.37. The normalized spacial score (nSPS) is 13.1. The zero-order valence-corrected chi connectivity index (χ0v) is 17.3. The number of amides is 1. The summed E-state index contributed by atoms with van der Waals surface area (Å²) in [4.78, 5) is 12.3. The molecule has 26 heavy (non-hydrogen) atoms. The Hall–Kier alpha value is -2.11. The van der Waals surface area contributed by atoms with Gasteiger partial charge in [-0.1, -0.05) is 69.3 Å². The van der Waals surface area contributed by atoms with Crippen molar-refractivity contribution in [3.8, 4) is 5.75 Å². The Morgan fingerprint density at radius 2 is 1.54 bits per heavy atom. The molecule has 2 aromatic carbocycles. The number of carbonyl (C=O) groups is 1. The molecule has 5 heteroatoms. The largest absolute Gasteiger partial charge is 0.414 e. The van der Waals surface area contributed by atoms with Crippen molar-refractivity contribution in [3.63, 3.8) is 0 Å². The maximum Gasteiger partial charge on any atom is 0.413 e. The number of nitrogens with one attached hydrogen (secondary N) is 1. The van der Waals surface area contributed by atoms with Crippen LogP contribution in [0.25, 0.3) is 0 Å². The maximum atomic E-state index is 12.3. The van der Waals surface area contributed by atoms with Crippen LogP contribution in [0.2, 0.25) is 18.1 Å². The number of hydrogen-bond donors (Lipinski definition) is 1. The van der Waals surface area contributed by atoms with Crippen LogP contribution in [0.4, 0.5) is 4.79 Å². The zero-order chi connectivity index (χ0) is 19.2. The van der Waals surface area contributed by atoms with Crippen LogP contribution in [0.15, 0.2) is 60.7 Å².